The fourth-order valence-corrected chi connectivity index (χ4v) is 9.56. The topological polar surface area (TPSA) is 38.4 Å². The zero-order valence-electron chi connectivity index (χ0n) is 21.0. The molecule has 31 heavy (non-hydrogen) atoms. The molecule has 2 N–H and O–H groups in total. The maximum atomic E-state index is 6.39. The molecule has 0 saturated heterocycles. The maximum absolute atomic E-state index is 6.39. The Kier molecular flexibility index (Phi) is 5.72. The van der Waals surface area contributed by atoms with Gasteiger partial charge in [0.05, 0.1) is 0 Å². The molecule has 0 aromatic heterocycles. The van der Waals surface area contributed by atoms with Crippen LogP contribution in [0.3, 0.4) is 0 Å². The summed E-state index contributed by atoms with van der Waals surface area (Å²) >= 11 is 0. The van der Waals surface area contributed by atoms with Crippen LogP contribution in [0.25, 0.3) is 0 Å². The van der Waals surface area contributed by atoms with E-state index in [-0.39, 0.29) is 0 Å². The quantitative estimate of drug-likeness (QED) is 0.483. The summed E-state index contributed by atoms with van der Waals surface area (Å²) in [6.45, 7) is 13.8. The van der Waals surface area contributed by atoms with Gasteiger partial charge >= 0.3 is 0 Å². The number of aliphatic imine (C=N–C) groups is 1. The maximum Gasteiger partial charge on any atom is 0.0395 e. The highest BCUT2D eigenvalue weighted by Crippen LogP contribution is 2.66. The number of hydrogen-bond donors (Lipinski definition) is 1. The lowest BCUT2D eigenvalue weighted by Gasteiger charge is -2.58. The molecule has 2 heteroatoms. The zero-order valence-corrected chi connectivity index (χ0v) is 21.0. The normalized spacial score (nSPS) is 48.0. The first-order chi connectivity index (χ1) is 14.7. The lowest BCUT2D eigenvalue weighted by atomic mass is 9.47. The Labute approximate surface area is 191 Å². The van der Waals surface area contributed by atoms with Crippen molar-refractivity contribution in [2.45, 2.75) is 105 Å². The highest BCUT2D eigenvalue weighted by Gasteiger charge is 2.58. The molecule has 1 heterocycles. The second kappa shape index (κ2) is 8.00. The van der Waals surface area contributed by atoms with Gasteiger partial charge in [-0.15, -0.1) is 0 Å². The smallest absolute Gasteiger partial charge is 0.0395 e. The van der Waals surface area contributed by atoms with E-state index < -0.39 is 0 Å². The van der Waals surface area contributed by atoms with Crippen molar-refractivity contribution in [3.63, 3.8) is 0 Å². The molecule has 5 rings (SSSR count). The van der Waals surface area contributed by atoms with Crippen LogP contribution in [0.2, 0.25) is 0 Å². The van der Waals surface area contributed by atoms with Crippen molar-refractivity contribution in [1.29, 1.82) is 0 Å². The summed E-state index contributed by atoms with van der Waals surface area (Å²) in [5.41, 5.74) is 10.9. The molecule has 4 aliphatic carbocycles. The summed E-state index contributed by atoms with van der Waals surface area (Å²) in [6, 6.07) is 0.451. The van der Waals surface area contributed by atoms with Crippen molar-refractivity contribution in [2.24, 2.45) is 63.0 Å². The van der Waals surface area contributed by atoms with Crippen molar-refractivity contribution in [1.82, 2.24) is 0 Å². The SMILES string of the molecule is CC(C)C1CCN=C1C[C@@H](C)[C@H]1CC[C@H]2C3=CC[C@H]4C[C@H](N)CC[C@]4(C)[C@H]3CC[C@]12C. The van der Waals surface area contributed by atoms with Gasteiger partial charge < -0.3 is 5.73 Å². The predicted molar refractivity (Wildman–Crippen MR) is 132 cm³/mol. The van der Waals surface area contributed by atoms with Crippen LogP contribution in [0.1, 0.15) is 98.8 Å². The summed E-state index contributed by atoms with van der Waals surface area (Å²) in [4.78, 5) is 5.00. The summed E-state index contributed by atoms with van der Waals surface area (Å²) in [7, 11) is 0. The van der Waals surface area contributed by atoms with Gasteiger partial charge in [0.1, 0.15) is 0 Å². The van der Waals surface area contributed by atoms with Crippen LogP contribution >= 0.6 is 0 Å². The third kappa shape index (κ3) is 3.49. The molecule has 0 bridgehead atoms. The summed E-state index contributed by atoms with van der Waals surface area (Å²) in [5, 5.41) is 0. The average molecular weight is 425 g/mol. The molecule has 0 amide bonds. The average Bonchev–Trinajstić information content (AvgIpc) is 3.32. The van der Waals surface area contributed by atoms with Crippen molar-refractivity contribution in [3.8, 4) is 0 Å². The second-order valence-electron chi connectivity index (χ2n) is 13.2. The van der Waals surface area contributed by atoms with Crippen molar-refractivity contribution >= 4 is 5.71 Å². The largest absolute Gasteiger partial charge is 0.328 e. The molecule has 3 fully saturated rings. The van der Waals surface area contributed by atoms with Crippen LogP contribution in [0, 0.1) is 52.3 Å². The predicted octanol–water partition coefficient (Wildman–Crippen LogP) is 7.04. The minimum atomic E-state index is 0.451. The Morgan fingerprint density at radius 3 is 2.52 bits per heavy atom. The molecule has 2 nitrogen and oxygen atoms in total. The standard InChI is InChI=1S/C29H48N2/c1-18(2)22-12-15-31-27(22)16-19(3)24-8-9-25-23-7-6-20-17-21(30)10-13-28(20,4)26(23)11-14-29(24,25)5/h7,18-22,24-26H,6,8-17,30H2,1-5H3/t19-,20+,21-,22?,24-,25+,26+,28+,29-/m1/s1. The van der Waals surface area contributed by atoms with Gasteiger partial charge in [0.2, 0.25) is 0 Å². The van der Waals surface area contributed by atoms with E-state index >= 15 is 0 Å². The van der Waals surface area contributed by atoms with Gasteiger partial charge in [-0.05, 0) is 111 Å². The van der Waals surface area contributed by atoms with E-state index in [1.165, 1.54) is 64.2 Å². The van der Waals surface area contributed by atoms with E-state index in [9.17, 15) is 0 Å². The highest BCUT2D eigenvalue weighted by molar-refractivity contribution is 5.88. The van der Waals surface area contributed by atoms with Gasteiger partial charge in [-0.2, -0.15) is 0 Å². The van der Waals surface area contributed by atoms with Crippen molar-refractivity contribution in [3.05, 3.63) is 11.6 Å². The van der Waals surface area contributed by atoms with Gasteiger partial charge in [0, 0.05) is 24.2 Å². The van der Waals surface area contributed by atoms with Crippen LogP contribution in [-0.2, 0) is 0 Å². The summed E-state index contributed by atoms with van der Waals surface area (Å²) in [5.74, 6) is 5.68. The Morgan fingerprint density at radius 1 is 1.00 bits per heavy atom. The number of fused-ring (bicyclic) bond motifs is 5. The minimum absolute atomic E-state index is 0.451. The Balaban J connectivity index is 1.34. The third-order valence-corrected chi connectivity index (χ3v) is 11.4. The summed E-state index contributed by atoms with van der Waals surface area (Å²) < 4.78 is 0. The van der Waals surface area contributed by atoms with Gasteiger partial charge in [0.15, 0.2) is 0 Å². The molecule has 0 aromatic carbocycles. The summed E-state index contributed by atoms with van der Waals surface area (Å²) in [6.07, 6.45) is 16.2. The first-order valence-electron chi connectivity index (χ1n) is 13.7. The van der Waals surface area contributed by atoms with Crippen LogP contribution in [0.5, 0.6) is 0 Å². The number of nitrogens with two attached hydrogens (primary N) is 1. The lowest BCUT2D eigenvalue weighted by Crippen LogP contribution is -2.50. The van der Waals surface area contributed by atoms with E-state index in [4.69, 9.17) is 10.7 Å². The first kappa shape index (κ1) is 22.2. The van der Waals surface area contributed by atoms with E-state index in [0.717, 1.165) is 48.0 Å². The molecular formula is C29H48N2. The van der Waals surface area contributed by atoms with Crippen LogP contribution in [-0.4, -0.2) is 18.3 Å². The van der Waals surface area contributed by atoms with Gasteiger partial charge in [-0.1, -0.05) is 46.3 Å². The molecule has 0 radical (unpaired) electrons. The van der Waals surface area contributed by atoms with Crippen LogP contribution < -0.4 is 5.73 Å². The van der Waals surface area contributed by atoms with Crippen LogP contribution in [0.4, 0.5) is 0 Å². The molecule has 5 aliphatic rings. The van der Waals surface area contributed by atoms with Gasteiger partial charge in [0.25, 0.3) is 0 Å². The van der Waals surface area contributed by atoms with E-state index in [1.807, 2.05) is 5.57 Å². The molecule has 174 valence electrons. The molecule has 3 saturated carbocycles. The van der Waals surface area contributed by atoms with E-state index in [0.29, 0.717) is 16.9 Å². The fourth-order valence-electron chi connectivity index (χ4n) is 9.56. The highest BCUT2D eigenvalue weighted by atomic mass is 14.8. The molecule has 9 atom stereocenters. The number of allylic oxidation sites excluding steroid dienone is 2. The minimum Gasteiger partial charge on any atom is -0.328 e. The molecule has 0 aromatic rings. The van der Waals surface area contributed by atoms with E-state index in [2.05, 4.69) is 40.7 Å². The van der Waals surface area contributed by atoms with Crippen LogP contribution in [0.15, 0.2) is 16.6 Å². The fraction of sp³-hybridized carbons (Fsp3) is 0.897. The van der Waals surface area contributed by atoms with Crippen molar-refractivity contribution < 1.29 is 0 Å². The molecule has 1 aliphatic heterocycles. The number of hydrogen-bond acceptors (Lipinski definition) is 2. The Bertz CT molecular complexity index is 750. The monoisotopic (exact) mass is 424 g/mol. The Hall–Kier alpha value is -0.630. The van der Waals surface area contributed by atoms with Gasteiger partial charge in [-0.3, -0.25) is 4.99 Å². The number of rotatable bonds is 4. The first-order valence-corrected chi connectivity index (χ1v) is 13.7. The lowest BCUT2D eigenvalue weighted by molar-refractivity contribution is -0.0110. The second-order valence-corrected chi connectivity index (χ2v) is 13.2. The van der Waals surface area contributed by atoms with Gasteiger partial charge in [-0.25, -0.2) is 0 Å². The molecule has 1 unspecified atom stereocenters. The Morgan fingerprint density at radius 2 is 1.74 bits per heavy atom. The molecular weight excluding hydrogens is 376 g/mol. The number of nitrogens with zero attached hydrogens (tertiary/aromatic N) is 1. The zero-order chi connectivity index (χ0) is 22.0. The van der Waals surface area contributed by atoms with Crippen molar-refractivity contribution in [2.75, 3.05) is 6.54 Å². The third-order valence-electron chi connectivity index (χ3n) is 11.4. The van der Waals surface area contributed by atoms with E-state index in [1.54, 1.807) is 5.71 Å². The molecule has 0 spiro atoms.